The second kappa shape index (κ2) is 6.88. The van der Waals surface area contributed by atoms with Gasteiger partial charge in [0.25, 0.3) is 5.78 Å². The van der Waals surface area contributed by atoms with Crippen molar-refractivity contribution in [3.8, 4) is 0 Å². The fourth-order valence-corrected chi connectivity index (χ4v) is 8.19. The monoisotopic (exact) mass is 418 g/mol. The van der Waals surface area contributed by atoms with Gasteiger partial charge in [0, 0.05) is 5.41 Å². The first-order valence-electron chi connectivity index (χ1n) is 11.9. The zero-order chi connectivity index (χ0) is 22.1. The Morgan fingerprint density at radius 1 is 1.00 bits per heavy atom. The lowest BCUT2D eigenvalue weighted by Crippen LogP contribution is -2.55. The summed E-state index contributed by atoms with van der Waals surface area (Å²) >= 11 is 0. The highest BCUT2D eigenvalue weighted by Crippen LogP contribution is 2.68. The van der Waals surface area contributed by atoms with Crippen LogP contribution in [0.1, 0.15) is 86.0 Å². The van der Waals surface area contributed by atoms with Gasteiger partial charge in [-0.3, -0.25) is 9.59 Å². The molecule has 4 aliphatic carbocycles. The van der Waals surface area contributed by atoms with E-state index in [9.17, 15) is 19.5 Å². The highest BCUT2D eigenvalue weighted by atomic mass is 16.5. The molecule has 1 N–H and O–H groups in total. The van der Waals surface area contributed by atoms with Crippen LogP contribution < -0.4 is 0 Å². The fourth-order valence-electron chi connectivity index (χ4n) is 8.19. The van der Waals surface area contributed by atoms with Gasteiger partial charge in [-0.25, -0.2) is 4.79 Å². The molecule has 0 amide bonds. The van der Waals surface area contributed by atoms with Crippen molar-refractivity contribution < 1.29 is 24.2 Å². The van der Waals surface area contributed by atoms with E-state index in [2.05, 4.69) is 6.92 Å². The summed E-state index contributed by atoms with van der Waals surface area (Å²) in [6.45, 7) is 9.92. The Morgan fingerprint density at radius 3 is 2.37 bits per heavy atom. The molecule has 1 unspecified atom stereocenters. The second-order valence-corrected chi connectivity index (χ2v) is 11.7. The van der Waals surface area contributed by atoms with Crippen LogP contribution in [0.5, 0.6) is 0 Å². The van der Waals surface area contributed by atoms with Gasteiger partial charge in [0.1, 0.15) is 0 Å². The standard InChI is InChI=1S/C25H38O5/c1-6-30-20(27)19(26)25(5)14-18-16-8-7-15-13-22(2,29)11-12-23(15,3)17(16)9-10-24(18,4)21(25)28/h15-18,29H,6-14H2,1-5H3/t15-,16-,17+,18+,22-,23+,24+,25?/m1/s1. The molecule has 0 spiro atoms. The first-order valence-corrected chi connectivity index (χ1v) is 11.9. The molecule has 4 saturated carbocycles. The fraction of sp³-hybridized carbons (Fsp3) is 0.880. The maximum absolute atomic E-state index is 13.6. The lowest BCUT2D eigenvalue weighted by atomic mass is 9.44. The number of hydrogen-bond acceptors (Lipinski definition) is 5. The molecule has 4 fully saturated rings. The van der Waals surface area contributed by atoms with E-state index < -0.39 is 28.2 Å². The van der Waals surface area contributed by atoms with Gasteiger partial charge in [0.15, 0.2) is 5.78 Å². The number of ether oxygens (including phenoxy) is 1. The normalized spacial score (nSPS) is 50.3. The van der Waals surface area contributed by atoms with E-state index in [1.165, 1.54) is 0 Å². The number of aliphatic hydroxyl groups is 1. The molecule has 4 aliphatic rings. The smallest absolute Gasteiger partial charge is 0.375 e. The molecule has 0 saturated heterocycles. The molecule has 0 radical (unpaired) electrons. The Hall–Kier alpha value is -1.23. The minimum absolute atomic E-state index is 0.0460. The molecule has 8 atom stereocenters. The van der Waals surface area contributed by atoms with Gasteiger partial charge in [-0.05, 0) is 101 Å². The summed E-state index contributed by atoms with van der Waals surface area (Å²) in [5.74, 6) is 0.0405. The van der Waals surface area contributed by atoms with Gasteiger partial charge in [0.05, 0.1) is 17.6 Å². The van der Waals surface area contributed by atoms with E-state index in [1.807, 2.05) is 13.8 Å². The third-order valence-corrected chi connectivity index (χ3v) is 9.95. The van der Waals surface area contributed by atoms with E-state index >= 15 is 0 Å². The van der Waals surface area contributed by atoms with Crippen molar-refractivity contribution in [1.82, 2.24) is 0 Å². The van der Waals surface area contributed by atoms with Crippen molar-refractivity contribution in [2.24, 2.45) is 39.9 Å². The van der Waals surface area contributed by atoms with Crippen molar-refractivity contribution >= 4 is 17.5 Å². The molecule has 4 rings (SSSR count). The Bertz CT molecular complexity index is 772. The number of fused-ring (bicyclic) bond motifs is 5. The molecule has 0 aromatic heterocycles. The van der Waals surface area contributed by atoms with Crippen LogP contribution in [0.15, 0.2) is 0 Å². The third-order valence-electron chi connectivity index (χ3n) is 9.95. The maximum atomic E-state index is 13.6. The summed E-state index contributed by atoms with van der Waals surface area (Å²) in [4.78, 5) is 38.8. The molecule has 5 heteroatoms. The number of esters is 1. The molecule has 0 aromatic carbocycles. The van der Waals surface area contributed by atoms with Gasteiger partial charge >= 0.3 is 5.97 Å². The molecule has 30 heavy (non-hydrogen) atoms. The number of hydrogen-bond donors (Lipinski definition) is 1. The van der Waals surface area contributed by atoms with Gasteiger partial charge < -0.3 is 9.84 Å². The molecule has 0 aliphatic heterocycles. The SMILES string of the molecule is CCOC(=O)C(=O)C1(C)C[C@H]2[C@@H]3CC[C@@H]4C[C@](C)(O)CC[C@]4(C)[C@H]3CC[C@]2(C)C1=O. The lowest BCUT2D eigenvalue weighted by Gasteiger charge is -2.61. The molecule has 5 nitrogen and oxygen atoms in total. The van der Waals surface area contributed by atoms with Crippen LogP contribution in [0.2, 0.25) is 0 Å². The minimum Gasteiger partial charge on any atom is -0.460 e. The zero-order valence-electron chi connectivity index (χ0n) is 19.3. The van der Waals surface area contributed by atoms with E-state index in [0.717, 1.165) is 44.9 Å². The Labute approximate surface area is 180 Å². The average Bonchev–Trinajstić information content (AvgIpc) is 2.90. The van der Waals surface area contributed by atoms with Crippen LogP contribution in [0.3, 0.4) is 0 Å². The molecular weight excluding hydrogens is 380 g/mol. The van der Waals surface area contributed by atoms with Crippen molar-refractivity contribution in [2.75, 3.05) is 6.61 Å². The predicted molar refractivity (Wildman–Crippen MR) is 112 cm³/mol. The second-order valence-electron chi connectivity index (χ2n) is 11.7. The van der Waals surface area contributed by atoms with E-state index in [1.54, 1.807) is 13.8 Å². The van der Waals surface area contributed by atoms with Crippen molar-refractivity contribution in [2.45, 2.75) is 91.6 Å². The maximum Gasteiger partial charge on any atom is 0.375 e. The van der Waals surface area contributed by atoms with Crippen molar-refractivity contribution in [1.29, 1.82) is 0 Å². The number of Topliss-reactive ketones (excluding diaryl/α,β-unsaturated/α-hetero) is 2. The van der Waals surface area contributed by atoms with Gasteiger partial charge in [-0.1, -0.05) is 13.8 Å². The summed E-state index contributed by atoms with van der Waals surface area (Å²) in [5.41, 5.74) is -2.15. The van der Waals surface area contributed by atoms with E-state index in [0.29, 0.717) is 24.2 Å². The number of rotatable bonds is 3. The van der Waals surface area contributed by atoms with Crippen LogP contribution in [0, 0.1) is 39.9 Å². The Kier molecular flexibility index (Phi) is 5.04. The summed E-state index contributed by atoms with van der Waals surface area (Å²) in [7, 11) is 0. The van der Waals surface area contributed by atoms with Crippen LogP contribution in [-0.2, 0) is 19.1 Å². The summed E-state index contributed by atoms with van der Waals surface area (Å²) in [5, 5.41) is 10.6. The Morgan fingerprint density at radius 2 is 1.70 bits per heavy atom. The lowest BCUT2D eigenvalue weighted by molar-refractivity contribution is -0.160. The summed E-state index contributed by atoms with van der Waals surface area (Å²) in [6.07, 6.45) is 7.14. The predicted octanol–water partition coefficient (Wildman–Crippen LogP) is 4.10. The highest BCUT2D eigenvalue weighted by Gasteiger charge is 2.67. The molecule has 0 aromatic rings. The quantitative estimate of drug-likeness (QED) is 0.424. The molecule has 168 valence electrons. The number of ketones is 2. The highest BCUT2D eigenvalue weighted by molar-refractivity contribution is 6.40. The average molecular weight is 419 g/mol. The van der Waals surface area contributed by atoms with Gasteiger partial charge in [-0.2, -0.15) is 0 Å². The van der Waals surface area contributed by atoms with Crippen molar-refractivity contribution in [3.63, 3.8) is 0 Å². The molecular formula is C25H38O5. The Balaban J connectivity index is 1.63. The van der Waals surface area contributed by atoms with Crippen LogP contribution >= 0.6 is 0 Å². The first kappa shape index (κ1) is 22.0. The van der Waals surface area contributed by atoms with E-state index in [-0.39, 0.29) is 23.7 Å². The van der Waals surface area contributed by atoms with Gasteiger partial charge in [0.2, 0.25) is 0 Å². The minimum atomic E-state index is -1.26. The first-order chi connectivity index (χ1) is 13.9. The molecule has 0 bridgehead atoms. The number of carbonyl (C=O) groups is 3. The topological polar surface area (TPSA) is 80.7 Å². The largest absolute Gasteiger partial charge is 0.460 e. The third kappa shape index (κ3) is 2.94. The number of carbonyl (C=O) groups excluding carboxylic acids is 3. The van der Waals surface area contributed by atoms with Crippen LogP contribution in [-0.4, -0.2) is 34.9 Å². The summed E-state index contributed by atoms with van der Waals surface area (Å²) < 4.78 is 4.96. The van der Waals surface area contributed by atoms with E-state index in [4.69, 9.17) is 4.74 Å². The molecule has 0 heterocycles. The van der Waals surface area contributed by atoms with Crippen LogP contribution in [0.25, 0.3) is 0 Å². The van der Waals surface area contributed by atoms with Gasteiger partial charge in [-0.15, -0.1) is 0 Å². The summed E-state index contributed by atoms with van der Waals surface area (Å²) in [6, 6.07) is 0. The zero-order valence-corrected chi connectivity index (χ0v) is 19.3. The van der Waals surface area contributed by atoms with Crippen molar-refractivity contribution in [3.05, 3.63) is 0 Å². The van der Waals surface area contributed by atoms with Crippen LogP contribution in [0.4, 0.5) is 0 Å².